The van der Waals surface area contributed by atoms with Crippen LogP contribution in [0, 0.1) is 5.82 Å². The van der Waals surface area contributed by atoms with Gasteiger partial charge in [-0.25, -0.2) is 4.39 Å². The fourth-order valence-corrected chi connectivity index (χ4v) is 3.87. The van der Waals surface area contributed by atoms with Crippen molar-refractivity contribution in [3.05, 3.63) is 58.9 Å². The Balaban J connectivity index is 1.67. The molecular formula is C23H29ClFN3O2. The molecule has 1 aliphatic heterocycles. The molecule has 0 unspecified atom stereocenters. The average Bonchev–Trinajstić information content (AvgIpc) is 3.23. The van der Waals surface area contributed by atoms with Gasteiger partial charge in [0.15, 0.2) is 11.6 Å². The molecule has 0 aromatic heterocycles. The molecule has 0 saturated carbocycles. The van der Waals surface area contributed by atoms with E-state index in [1.165, 1.54) is 0 Å². The Morgan fingerprint density at radius 3 is 2.73 bits per heavy atom. The van der Waals surface area contributed by atoms with E-state index in [4.69, 9.17) is 16.3 Å². The van der Waals surface area contributed by atoms with Crippen LogP contribution in [0.5, 0.6) is 11.5 Å². The molecule has 3 N–H and O–H groups in total. The average molecular weight is 434 g/mol. The first-order valence-electron chi connectivity index (χ1n) is 10.4. The summed E-state index contributed by atoms with van der Waals surface area (Å²) in [5.74, 6) is 0.0465. The van der Waals surface area contributed by atoms with Gasteiger partial charge in [-0.15, -0.1) is 0 Å². The van der Waals surface area contributed by atoms with E-state index in [-0.39, 0.29) is 34.8 Å². The third kappa shape index (κ3) is 5.94. The molecule has 7 heteroatoms. The molecule has 1 aliphatic rings. The van der Waals surface area contributed by atoms with E-state index in [0.717, 1.165) is 19.5 Å². The lowest BCUT2D eigenvalue weighted by atomic mass is 10.0. The fourth-order valence-electron chi connectivity index (χ4n) is 3.69. The predicted molar refractivity (Wildman–Crippen MR) is 118 cm³/mol. The van der Waals surface area contributed by atoms with Gasteiger partial charge in [-0.05, 0) is 44.5 Å². The highest BCUT2D eigenvalue weighted by Gasteiger charge is 2.23. The topological polar surface area (TPSA) is 62.4 Å². The Bertz CT molecular complexity index is 844. The van der Waals surface area contributed by atoms with Crippen LogP contribution in [-0.2, 0) is 4.79 Å². The van der Waals surface area contributed by atoms with Gasteiger partial charge in [0.05, 0.1) is 5.02 Å². The van der Waals surface area contributed by atoms with Gasteiger partial charge < -0.3 is 20.7 Å². The van der Waals surface area contributed by atoms with E-state index in [1.54, 1.807) is 24.3 Å². The van der Waals surface area contributed by atoms with Crippen molar-refractivity contribution in [3.8, 4) is 11.5 Å². The minimum Gasteiger partial charge on any atom is -0.453 e. The Labute approximate surface area is 182 Å². The number of hydrogen-bond acceptors (Lipinski definition) is 4. The molecule has 0 spiro atoms. The number of rotatable bonds is 9. The summed E-state index contributed by atoms with van der Waals surface area (Å²) in [6.07, 6.45) is 1.93. The Morgan fingerprint density at radius 1 is 1.30 bits per heavy atom. The van der Waals surface area contributed by atoms with Gasteiger partial charge in [0.2, 0.25) is 5.91 Å². The van der Waals surface area contributed by atoms with Crippen LogP contribution in [0.1, 0.15) is 44.7 Å². The van der Waals surface area contributed by atoms with Crippen molar-refractivity contribution < 1.29 is 13.9 Å². The number of nitrogens with one attached hydrogen (secondary N) is 3. The molecular weight excluding hydrogens is 405 g/mol. The first-order chi connectivity index (χ1) is 14.5. The summed E-state index contributed by atoms with van der Waals surface area (Å²) >= 11 is 6.21. The normalized spacial score (nSPS) is 18.1. The number of amides is 1. The van der Waals surface area contributed by atoms with E-state index < -0.39 is 5.82 Å². The number of hydrogen-bond donors (Lipinski definition) is 3. The van der Waals surface area contributed by atoms with Crippen molar-refractivity contribution in [2.75, 3.05) is 13.1 Å². The van der Waals surface area contributed by atoms with Crippen molar-refractivity contribution in [3.63, 3.8) is 0 Å². The second kappa shape index (κ2) is 10.8. The smallest absolute Gasteiger partial charge is 0.221 e. The fraction of sp³-hybridized carbons (Fsp3) is 0.435. The number of ether oxygens (including phenoxy) is 1. The van der Waals surface area contributed by atoms with E-state index in [2.05, 4.69) is 16.0 Å². The van der Waals surface area contributed by atoms with Crippen molar-refractivity contribution >= 4 is 17.5 Å². The number of halogens is 2. The lowest BCUT2D eigenvalue weighted by Gasteiger charge is -2.24. The molecule has 1 saturated heterocycles. The highest BCUT2D eigenvalue weighted by Crippen LogP contribution is 2.36. The van der Waals surface area contributed by atoms with Crippen LogP contribution in [0.2, 0.25) is 5.02 Å². The Hall–Kier alpha value is -2.15. The molecule has 3 rings (SSSR count). The SMILES string of the molecule is CC[C@@H](N[C@@H](C)CC(=O)N[C@@H]1CCNC1)c1ccc(Cl)c(Oc2ccccc2)c1F. The lowest BCUT2D eigenvalue weighted by molar-refractivity contribution is -0.122. The Morgan fingerprint density at radius 2 is 2.07 bits per heavy atom. The van der Waals surface area contributed by atoms with Crippen LogP contribution < -0.4 is 20.7 Å². The maximum absolute atomic E-state index is 15.3. The van der Waals surface area contributed by atoms with Gasteiger partial charge in [-0.2, -0.15) is 0 Å². The van der Waals surface area contributed by atoms with Crippen LogP contribution in [0.15, 0.2) is 42.5 Å². The maximum atomic E-state index is 15.3. The second-order valence-electron chi connectivity index (χ2n) is 7.68. The molecule has 0 aliphatic carbocycles. The van der Waals surface area contributed by atoms with Gasteiger partial charge in [0, 0.05) is 36.7 Å². The Kier molecular flexibility index (Phi) is 8.08. The van der Waals surface area contributed by atoms with Gasteiger partial charge in [-0.3, -0.25) is 4.79 Å². The van der Waals surface area contributed by atoms with Crippen LogP contribution >= 0.6 is 11.6 Å². The van der Waals surface area contributed by atoms with E-state index >= 15 is 4.39 Å². The largest absolute Gasteiger partial charge is 0.453 e. The van der Waals surface area contributed by atoms with Gasteiger partial charge >= 0.3 is 0 Å². The third-order valence-corrected chi connectivity index (χ3v) is 5.53. The molecule has 0 radical (unpaired) electrons. The number of para-hydroxylation sites is 1. The predicted octanol–water partition coefficient (Wildman–Crippen LogP) is 4.57. The van der Waals surface area contributed by atoms with Gasteiger partial charge in [0.1, 0.15) is 5.75 Å². The first kappa shape index (κ1) is 22.5. The molecule has 162 valence electrons. The van der Waals surface area contributed by atoms with E-state index in [0.29, 0.717) is 24.2 Å². The van der Waals surface area contributed by atoms with Gasteiger partial charge in [-0.1, -0.05) is 42.8 Å². The van der Waals surface area contributed by atoms with Crippen molar-refractivity contribution in [2.45, 2.75) is 51.2 Å². The number of carbonyl (C=O) groups is 1. The molecule has 30 heavy (non-hydrogen) atoms. The number of carbonyl (C=O) groups excluding carboxylic acids is 1. The monoisotopic (exact) mass is 433 g/mol. The molecule has 1 amide bonds. The molecule has 1 fully saturated rings. The molecule has 2 aromatic carbocycles. The van der Waals surface area contributed by atoms with Gasteiger partial charge in [0.25, 0.3) is 0 Å². The minimum absolute atomic E-state index is 0.00299. The summed E-state index contributed by atoms with van der Waals surface area (Å²) in [5, 5.41) is 9.87. The minimum atomic E-state index is -0.487. The van der Waals surface area contributed by atoms with Crippen LogP contribution in [0.4, 0.5) is 4.39 Å². The zero-order chi connectivity index (χ0) is 21.5. The van der Waals surface area contributed by atoms with E-state index in [1.807, 2.05) is 32.0 Å². The standard InChI is InChI=1S/C23H29ClFN3O2/c1-3-20(27-15(2)13-21(29)28-16-11-12-26-14-16)18-9-10-19(24)23(22(18)25)30-17-7-5-4-6-8-17/h4-10,15-16,20,26-27H,3,11-14H2,1-2H3,(H,28,29)/t15-,16+,20+/m0/s1. The van der Waals surface area contributed by atoms with Crippen LogP contribution in [0.3, 0.4) is 0 Å². The lowest BCUT2D eigenvalue weighted by Crippen LogP contribution is -2.40. The van der Waals surface area contributed by atoms with E-state index in [9.17, 15) is 4.79 Å². The molecule has 3 atom stereocenters. The summed E-state index contributed by atoms with van der Waals surface area (Å²) in [5.41, 5.74) is 0.472. The summed E-state index contributed by atoms with van der Waals surface area (Å²) in [6, 6.07) is 12.1. The maximum Gasteiger partial charge on any atom is 0.221 e. The summed E-state index contributed by atoms with van der Waals surface area (Å²) in [6.45, 7) is 5.65. The third-order valence-electron chi connectivity index (χ3n) is 5.23. The highest BCUT2D eigenvalue weighted by atomic mass is 35.5. The van der Waals surface area contributed by atoms with Crippen molar-refractivity contribution in [1.29, 1.82) is 0 Å². The van der Waals surface area contributed by atoms with Crippen LogP contribution in [0.25, 0.3) is 0 Å². The molecule has 1 heterocycles. The molecule has 5 nitrogen and oxygen atoms in total. The summed E-state index contributed by atoms with van der Waals surface area (Å²) in [7, 11) is 0. The highest BCUT2D eigenvalue weighted by molar-refractivity contribution is 6.32. The first-order valence-corrected chi connectivity index (χ1v) is 10.8. The molecule has 0 bridgehead atoms. The van der Waals surface area contributed by atoms with Crippen LogP contribution in [-0.4, -0.2) is 31.1 Å². The number of benzene rings is 2. The summed E-state index contributed by atoms with van der Waals surface area (Å²) < 4.78 is 21.0. The second-order valence-corrected chi connectivity index (χ2v) is 8.09. The quantitative estimate of drug-likeness (QED) is 0.542. The molecule has 2 aromatic rings. The zero-order valence-electron chi connectivity index (χ0n) is 17.4. The van der Waals surface area contributed by atoms with Crippen molar-refractivity contribution in [2.24, 2.45) is 0 Å². The van der Waals surface area contributed by atoms with Crippen molar-refractivity contribution in [1.82, 2.24) is 16.0 Å². The summed E-state index contributed by atoms with van der Waals surface area (Å²) in [4.78, 5) is 12.3. The zero-order valence-corrected chi connectivity index (χ0v) is 18.1.